The van der Waals surface area contributed by atoms with Crippen molar-refractivity contribution in [3.8, 4) is 0 Å². The number of rotatable bonds is 6. The van der Waals surface area contributed by atoms with Crippen LogP contribution < -0.4 is 5.32 Å². The summed E-state index contributed by atoms with van der Waals surface area (Å²) in [5, 5.41) is 2.93. The van der Waals surface area contributed by atoms with Crippen molar-refractivity contribution in [2.45, 2.75) is 26.8 Å². The lowest BCUT2D eigenvalue weighted by Gasteiger charge is -2.27. The van der Waals surface area contributed by atoms with Crippen molar-refractivity contribution < 1.29 is 23.9 Å². The summed E-state index contributed by atoms with van der Waals surface area (Å²) in [6.45, 7) is 4.68. The quantitative estimate of drug-likeness (QED) is 0.562. The van der Waals surface area contributed by atoms with Crippen LogP contribution in [-0.2, 0) is 14.3 Å². The van der Waals surface area contributed by atoms with Gasteiger partial charge in [0, 0.05) is 0 Å². The van der Waals surface area contributed by atoms with Crippen molar-refractivity contribution in [3.05, 3.63) is 64.2 Å². The number of amides is 3. The molecule has 30 heavy (non-hydrogen) atoms. The second-order valence-electron chi connectivity index (χ2n) is 7.35. The molecule has 0 aromatic heterocycles. The number of fused-ring (bicyclic) bond motifs is 1. The number of halogens is 1. The highest BCUT2D eigenvalue weighted by Gasteiger charge is 2.44. The van der Waals surface area contributed by atoms with Crippen molar-refractivity contribution in [3.63, 3.8) is 0 Å². The molecule has 2 aromatic rings. The van der Waals surface area contributed by atoms with Crippen LogP contribution in [-0.4, -0.2) is 41.2 Å². The highest BCUT2D eigenvalue weighted by Crippen LogP contribution is 2.28. The molecule has 0 fully saturated rings. The molecule has 0 bridgehead atoms. The minimum atomic E-state index is -1.15. The molecular weight excluding hydrogens is 408 g/mol. The molecule has 1 N–H and O–H groups in total. The van der Waals surface area contributed by atoms with Gasteiger partial charge in [-0.1, -0.05) is 43.6 Å². The van der Waals surface area contributed by atoms with Crippen molar-refractivity contribution in [1.82, 2.24) is 4.90 Å². The van der Waals surface area contributed by atoms with Crippen LogP contribution in [0.3, 0.4) is 0 Å². The molecule has 0 unspecified atom stereocenters. The number of anilines is 1. The molecule has 0 saturated carbocycles. The first-order valence-electron chi connectivity index (χ1n) is 9.40. The average molecular weight is 429 g/mol. The number of ether oxygens (including phenoxy) is 1. The van der Waals surface area contributed by atoms with Crippen LogP contribution in [0.1, 0.15) is 40.1 Å². The van der Waals surface area contributed by atoms with Gasteiger partial charge in [-0.15, -0.1) is 0 Å². The van der Waals surface area contributed by atoms with E-state index in [0.29, 0.717) is 10.7 Å². The van der Waals surface area contributed by atoms with E-state index in [4.69, 9.17) is 16.3 Å². The fraction of sp³-hybridized carbons (Fsp3) is 0.273. The van der Waals surface area contributed by atoms with Crippen LogP contribution in [0, 0.1) is 12.8 Å². The molecule has 3 rings (SSSR count). The molecule has 1 atom stereocenters. The summed E-state index contributed by atoms with van der Waals surface area (Å²) in [6, 6.07) is 10.4. The average Bonchev–Trinajstić information content (AvgIpc) is 2.94. The highest BCUT2D eigenvalue weighted by molar-refractivity contribution is 6.33. The Balaban J connectivity index is 1.69. The zero-order chi connectivity index (χ0) is 22.0. The lowest BCUT2D eigenvalue weighted by Crippen LogP contribution is -2.49. The molecule has 7 nitrogen and oxygen atoms in total. The SMILES string of the molecule is Cc1ccc(NC(=O)COC(=O)[C@H](C(C)C)N2C(=O)c3ccccc3C2=O)c(Cl)c1. The fourth-order valence-corrected chi connectivity index (χ4v) is 3.55. The maximum Gasteiger partial charge on any atom is 0.330 e. The van der Waals surface area contributed by atoms with Gasteiger partial charge in [0.1, 0.15) is 6.04 Å². The third-order valence-electron chi connectivity index (χ3n) is 4.72. The first kappa shape index (κ1) is 21.5. The molecule has 0 aliphatic carbocycles. The maximum absolute atomic E-state index is 12.7. The van der Waals surface area contributed by atoms with E-state index in [-0.39, 0.29) is 11.1 Å². The van der Waals surface area contributed by atoms with Gasteiger partial charge in [0.25, 0.3) is 17.7 Å². The number of imide groups is 1. The van der Waals surface area contributed by atoms with Gasteiger partial charge < -0.3 is 10.1 Å². The number of hydrogen-bond acceptors (Lipinski definition) is 5. The van der Waals surface area contributed by atoms with Gasteiger partial charge in [0.2, 0.25) is 0 Å². The first-order chi connectivity index (χ1) is 14.2. The standard InChI is InChI=1S/C22H21ClN2O5/c1-12(2)19(25-20(27)14-6-4-5-7-15(14)21(25)28)22(29)30-11-18(26)24-17-9-8-13(3)10-16(17)23/h4-10,12,19H,11H2,1-3H3,(H,24,26)/t19-/m0/s1. The van der Waals surface area contributed by atoms with Gasteiger partial charge in [-0.05, 0) is 42.7 Å². The summed E-state index contributed by atoms with van der Waals surface area (Å²) >= 11 is 6.09. The van der Waals surface area contributed by atoms with Crippen LogP contribution in [0.15, 0.2) is 42.5 Å². The summed E-state index contributed by atoms with van der Waals surface area (Å²) in [6.07, 6.45) is 0. The van der Waals surface area contributed by atoms with Gasteiger partial charge in [-0.25, -0.2) is 4.79 Å². The van der Waals surface area contributed by atoms with Gasteiger partial charge in [0.15, 0.2) is 6.61 Å². The molecular formula is C22H21ClN2O5. The van der Waals surface area contributed by atoms with Gasteiger partial charge in [-0.3, -0.25) is 19.3 Å². The zero-order valence-corrected chi connectivity index (χ0v) is 17.5. The van der Waals surface area contributed by atoms with Crippen molar-refractivity contribution in [1.29, 1.82) is 0 Å². The third kappa shape index (κ3) is 4.21. The minimum Gasteiger partial charge on any atom is -0.454 e. The largest absolute Gasteiger partial charge is 0.454 e. The number of nitrogens with zero attached hydrogens (tertiary/aromatic N) is 1. The molecule has 0 radical (unpaired) electrons. The summed E-state index contributed by atoms with van der Waals surface area (Å²) < 4.78 is 5.13. The summed E-state index contributed by atoms with van der Waals surface area (Å²) in [5.41, 5.74) is 1.81. The maximum atomic E-state index is 12.7. The fourth-order valence-electron chi connectivity index (χ4n) is 3.27. The Hall–Kier alpha value is -3.19. The number of carbonyl (C=O) groups excluding carboxylic acids is 4. The topological polar surface area (TPSA) is 92.8 Å². The normalized spacial score (nSPS) is 14.0. The van der Waals surface area contributed by atoms with E-state index in [1.54, 1.807) is 44.2 Å². The van der Waals surface area contributed by atoms with Crippen LogP contribution in [0.25, 0.3) is 0 Å². The van der Waals surface area contributed by atoms with E-state index in [9.17, 15) is 19.2 Å². The molecule has 1 aliphatic heterocycles. The molecule has 156 valence electrons. The molecule has 1 heterocycles. The first-order valence-corrected chi connectivity index (χ1v) is 9.78. The Morgan fingerprint density at radius 2 is 1.67 bits per heavy atom. The smallest absolute Gasteiger partial charge is 0.330 e. The second-order valence-corrected chi connectivity index (χ2v) is 7.76. The van der Waals surface area contributed by atoms with Crippen LogP contribution >= 0.6 is 11.6 Å². The Morgan fingerprint density at radius 3 is 2.20 bits per heavy atom. The number of carbonyl (C=O) groups is 4. The number of nitrogens with one attached hydrogen (secondary N) is 1. The molecule has 2 aromatic carbocycles. The molecule has 3 amide bonds. The number of esters is 1. The third-order valence-corrected chi connectivity index (χ3v) is 5.03. The van der Waals surface area contributed by atoms with E-state index in [1.165, 1.54) is 12.1 Å². The van der Waals surface area contributed by atoms with Crippen molar-refractivity contribution in [2.75, 3.05) is 11.9 Å². The Kier molecular flexibility index (Phi) is 6.22. The highest BCUT2D eigenvalue weighted by atomic mass is 35.5. The lowest BCUT2D eigenvalue weighted by atomic mass is 10.0. The van der Waals surface area contributed by atoms with Crippen LogP contribution in [0.2, 0.25) is 5.02 Å². The minimum absolute atomic E-state index is 0.243. The predicted octanol–water partition coefficient (Wildman–Crippen LogP) is 3.45. The summed E-state index contributed by atoms with van der Waals surface area (Å²) in [7, 11) is 0. The van der Waals surface area contributed by atoms with E-state index >= 15 is 0 Å². The van der Waals surface area contributed by atoms with Crippen LogP contribution in [0.4, 0.5) is 5.69 Å². The van der Waals surface area contributed by atoms with Crippen LogP contribution in [0.5, 0.6) is 0 Å². The molecule has 0 saturated heterocycles. The van der Waals surface area contributed by atoms with Crippen molar-refractivity contribution >= 4 is 41.0 Å². The van der Waals surface area contributed by atoms with E-state index in [1.807, 2.05) is 6.92 Å². The van der Waals surface area contributed by atoms with E-state index < -0.39 is 42.3 Å². The summed E-state index contributed by atoms with van der Waals surface area (Å²) in [4.78, 5) is 51.2. The lowest BCUT2D eigenvalue weighted by molar-refractivity contribution is -0.152. The Morgan fingerprint density at radius 1 is 1.07 bits per heavy atom. The van der Waals surface area contributed by atoms with Gasteiger partial charge >= 0.3 is 5.97 Å². The zero-order valence-electron chi connectivity index (χ0n) is 16.8. The Labute approximate surface area is 179 Å². The van der Waals surface area contributed by atoms with Gasteiger partial charge in [-0.2, -0.15) is 0 Å². The number of benzene rings is 2. The Bertz CT molecular complexity index is 999. The van der Waals surface area contributed by atoms with Crippen molar-refractivity contribution in [2.24, 2.45) is 5.92 Å². The van der Waals surface area contributed by atoms with E-state index in [2.05, 4.69) is 5.32 Å². The summed E-state index contributed by atoms with van der Waals surface area (Å²) in [5.74, 6) is -2.93. The number of hydrogen-bond donors (Lipinski definition) is 1. The molecule has 0 spiro atoms. The number of aryl methyl sites for hydroxylation is 1. The second kappa shape index (κ2) is 8.67. The molecule has 8 heteroatoms. The monoisotopic (exact) mass is 428 g/mol. The van der Waals surface area contributed by atoms with E-state index in [0.717, 1.165) is 10.5 Å². The van der Waals surface area contributed by atoms with Gasteiger partial charge in [0.05, 0.1) is 21.8 Å². The molecule has 1 aliphatic rings. The predicted molar refractivity (Wildman–Crippen MR) is 111 cm³/mol.